The highest BCUT2D eigenvalue weighted by atomic mass is 16.5. The summed E-state index contributed by atoms with van der Waals surface area (Å²) in [5.74, 6) is -4.82. The number of fused-ring (bicyclic) bond motifs is 3. The van der Waals surface area contributed by atoms with Crippen LogP contribution in [0.4, 0.5) is 5.69 Å². The van der Waals surface area contributed by atoms with Crippen LogP contribution in [0.5, 0.6) is 0 Å². The molecule has 1 aliphatic rings. The van der Waals surface area contributed by atoms with Crippen LogP contribution < -0.4 is 11.1 Å². The summed E-state index contributed by atoms with van der Waals surface area (Å²) >= 11 is 0. The molecule has 3 N–H and O–H groups in total. The maximum atomic E-state index is 16.2. The van der Waals surface area contributed by atoms with Gasteiger partial charge in [0.1, 0.15) is 39.3 Å². The van der Waals surface area contributed by atoms with Crippen molar-refractivity contribution in [2.45, 2.75) is 135 Å². The van der Waals surface area contributed by atoms with Gasteiger partial charge < -0.3 is 45.3 Å². The van der Waals surface area contributed by atoms with Crippen molar-refractivity contribution in [1.29, 1.82) is 0 Å². The largest absolute Gasteiger partial charge is 0.376 e. The molecule has 551 valence electrons. The molecule has 21 nitrogen and oxygen atoms in total. The molecular formula is C85H97N12O9. The minimum absolute atomic E-state index is 0.119. The summed E-state index contributed by atoms with van der Waals surface area (Å²) in [7, 11) is 0. The van der Waals surface area contributed by atoms with Gasteiger partial charge in [0, 0.05) is 46.0 Å². The van der Waals surface area contributed by atoms with E-state index in [1.54, 1.807) is 67.8 Å². The molecule has 1 aliphatic heterocycles. The number of piperidine rings is 1. The highest BCUT2D eigenvalue weighted by Gasteiger charge is 2.50. The molecule has 7 aromatic carbocycles. The van der Waals surface area contributed by atoms with Crippen LogP contribution in [0.1, 0.15) is 152 Å². The van der Waals surface area contributed by atoms with Gasteiger partial charge in [-0.15, -0.1) is 10.3 Å². The first-order valence-corrected chi connectivity index (χ1v) is 36.2. The number of hydroxylamine groups is 2. The summed E-state index contributed by atoms with van der Waals surface area (Å²) in [5, 5.41) is 20.2. The van der Waals surface area contributed by atoms with Gasteiger partial charge >= 0.3 is 0 Å². The summed E-state index contributed by atoms with van der Waals surface area (Å²) in [5.41, 5.74) is 9.86. The third kappa shape index (κ3) is 18.5. The summed E-state index contributed by atoms with van der Waals surface area (Å²) in [6.45, 7) is 14.0. The number of hydrogen-bond donors (Lipinski definition) is 2. The number of hydrogen-bond acceptors (Lipinski definition) is 12. The highest BCUT2D eigenvalue weighted by Crippen LogP contribution is 2.40. The van der Waals surface area contributed by atoms with Crippen LogP contribution in [-0.2, 0) is 43.6 Å². The van der Waals surface area contributed by atoms with E-state index in [2.05, 4.69) is 15.3 Å². The van der Waals surface area contributed by atoms with E-state index in [-0.39, 0.29) is 19.4 Å². The lowest BCUT2D eigenvalue weighted by Crippen LogP contribution is -2.64. The predicted octanol–water partition coefficient (Wildman–Crippen LogP) is 12.4. The number of aromatic nitrogens is 2. The molecule has 3 heterocycles. The average molecular weight is 1430 g/mol. The topological polar surface area (TPSA) is 246 Å². The molecule has 0 unspecified atom stereocenters. The number of primary amides is 1. The van der Waals surface area contributed by atoms with Crippen molar-refractivity contribution in [3.05, 3.63) is 258 Å². The maximum Gasteiger partial charge on any atom is 0.243 e. The molecule has 6 atom stereocenters. The molecule has 1 radical (unpaired) electrons. The first-order chi connectivity index (χ1) is 50.7. The van der Waals surface area contributed by atoms with Crippen molar-refractivity contribution in [2.75, 3.05) is 57.7 Å². The van der Waals surface area contributed by atoms with Gasteiger partial charge in [-0.3, -0.25) is 48.3 Å². The molecule has 1 saturated heterocycles. The molecule has 1 fully saturated rings. The molecule has 106 heavy (non-hydrogen) atoms. The van der Waals surface area contributed by atoms with Crippen molar-refractivity contribution in [1.82, 2.24) is 49.3 Å². The van der Waals surface area contributed by atoms with Crippen molar-refractivity contribution in [3.63, 3.8) is 0 Å². The number of pyridine rings is 2. The zero-order valence-electron chi connectivity index (χ0n) is 62.2. The van der Waals surface area contributed by atoms with Gasteiger partial charge in [-0.1, -0.05) is 188 Å². The van der Waals surface area contributed by atoms with Gasteiger partial charge in [0.2, 0.25) is 47.3 Å². The Morgan fingerprint density at radius 2 is 0.689 bits per heavy atom. The number of rotatable bonds is 30. The number of benzene rings is 7. The van der Waals surface area contributed by atoms with Crippen LogP contribution in [0.3, 0.4) is 0 Å². The minimum Gasteiger partial charge on any atom is -0.376 e. The van der Waals surface area contributed by atoms with Gasteiger partial charge in [-0.2, -0.15) is 0 Å². The molecule has 9 aromatic rings. The number of amides is 8. The summed E-state index contributed by atoms with van der Waals surface area (Å²) < 4.78 is 0. The zero-order chi connectivity index (χ0) is 76.0. The van der Waals surface area contributed by atoms with Crippen LogP contribution in [0.2, 0.25) is 0 Å². The van der Waals surface area contributed by atoms with E-state index in [9.17, 15) is 14.8 Å². The number of carbonyl (C=O) groups is 8. The smallest absolute Gasteiger partial charge is 0.243 e. The van der Waals surface area contributed by atoms with Gasteiger partial charge in [-0.05, 0) is 140 Å². The molecule has 0 saturated carbocycles. The molecule has 2 aromatic heterocycles. The van der Waals surface area contributed by atoms with Crippen LogP contribution in [0.15, 0.2) is 225 Å². The SMILES string of the molecule is C[C@H](c1ccccc1)N(CC(N)=O)C(=O)CN(C(=O)CN(C(=O)CN(C(=O)CN(C(=O)CN(C(=O)CN(C(=O)CNc1cc2cccnc2c2ncccc12)[C@H](C)c1ccccc1)[C@H](C)c1ccccc1)C1CC(C)(C)N([O])C(C)(C)C1)[C@H](C)c1ccccc1)[C@H](C)c1ccccc1)[C@H](C)c1ccccc1. The van der Waals surface area contributed by atoms with Crippen LogP contribution in [0, 0.1) is 0 Å². The molecular weight excluding hydrogens is 1330 g/mol. The Hall–Kier alpha value is -11.2. The Balaban J connectivity index is 0.999. The number of nitrogens with zero attached hydrogens (tertiary/aromatic N) is 10. The molecule has 21 heteroatoms. The average Bonchev–Trinajstić information content (AvgIpc) is 0.771. The number of nitrogens with one attached hydrogen (secondary N) is 1. The van der Waals surface area contributed by atoms with E-state index < -0.39 is 146 Å². The molecule has 0 aliphatic carbocycles. The van der Waals surface area contributed by atoms with Crippen molar-refractivity contribution in [2.24, 2.45) is 5.73 Å². The number of anilines is 1. The Morgan fingerprint density at radius 1 is 0.396 bits per heavy atom. The predicted molar refractivity (Wildman–Crippen MR) is 410 cm³/mol. The Bertz CT molecular complexity index is 4500. The Labute approximate surface area is 621 Å². The fourth-order valence-electron chi connectivity index (χ4n) is 14.7. The van der Waals surface area contributed by atoms with Crippen LogP contribution in [0.25, 0.3) is 21.8 Å². The Morgan fingerprint density at radius 3 is 1.03 bits per heavy atom. The number of nitrogens with two attached hydrogens (primary N) is 1. The lowest BCUT2D eigenvalue weighted by Gasteiger charge is -2.52. The van der Waals surface area contributed by atoms with Gasteiger partial charge in [0.15, 0.2) is 0 Å². The van der Waals surface area contributed by atoms with E-state index in [0.717, 1.165) is 27.0 Å². The van der Waals surface area contributed by atoms with Crippen LogP contribution in [-0.4, -0.2) is 166 Å². The van der Waals surface area contributed by atoms with Crippen molar-refractivity contribution >= 4 is 74.8 Å². The van der Waals surface area contributed by atoms with Gasteiger partial charge in [-0.25, -0.2) is 0 Å². The molecule has 10 rings (SSSR count). The molecule has 8 amide bonds. The fraction of sp³-hybridized carbons (Fsp3) is 0.341. The lowest BCUT2D eigenvalue weighted by atomic mass is 9.78. The maximum absolute atomic E-state index is 16.2. The summed E-state index contributed by atoms with van der Waals surface area (Å²) in [6.07, 6.45) is 3.63. The second-order valence-electron chi connectivity index (χ2n) is 28.9. The normalized spacial score (nSPS) is 15.2. The zero-order valence-corrected chi connectivity index (χ0v) is 62.2. The second kappa shape index (κ2) is 34.6. The number of carbonyl (C=O) groups excluding carboxylic acids is 8. The summed E-state index contributed by atoms with van der Waals surface area (Å²) in [6, 6.07) is 59.4. The van der Waals surface area contributed by atoms with Crippen LogP contribution >= 0.6 is 0 Å². The third-order valence-corrected chi connectivity index (χ3v) is 20.8. The van der Waals surface area contributed by atoms with E-state index in [4.69, 9.17) is 5.73 Å². The highest BCUT2D eigenvalue weighted by molar-refractivity contribution is 6.09. The Kier molecular flexibility index (Phi) is 25.3. The lowest BCUT2D eigenvalue weighted by molar-refractivity contribution is -0.293. The second-order valence-corrected chi connectivity index (χ2v) is 28.9. The van der Waals surface area contributed by atoms with E-state index >= 15 is 28.8 Å². The van der Waals surface area contributed by atoms with Gasteiger partial charge in [0.05, 0.1) is 60.4 Å². The van der Waals surface area contributed by atoms with Gasteiger partial charge in [0.25, 0.3) is 0 Å². The molecule has 0 bridgehead atoms. The third-order valence-electron chi connectivity index (χ3n) is 20.8. The standard InChI is InChI=1S/C85H97N12O9/c1-58(64-31-17-11-18-32-64)90(51-74(86)98)76(100)53-92(60(3)66-35-21-13-22-36-66)78(102)54-93(61(4)67-37-23-14-24-38-67)79(103)55-94(62(5)68-39-25-15-26-40-68)80(104)57-96(71-48-84(7,8)97(106)85(9,10)49-71)81(105)56-95(63(6)69-41-27-16-28-42-69)77(101)52-91(59(2)65-33-19-12-20-34-65)75(99)50-89-73-47-70-43-29-45-87-82(70)83-72(73)44-30-46-88-83/h11-47,58-63,71,89H,48-57H2,1-10H3,(H2,86,98)/t58-,59-,60-,61-,62-,63-/m1/s1. The fourth-order valence-corrected chi connectivity index (χ4v) is 14.7. The quantitative estimate of drug-likeness (QED) is 0.0399. The summed E-state index contributed by atoms with van der Waals surface area (Å²) in [4.78, 5) is 142. The van der Waals surface area contributed by atoms with Crippen molar-refractivity contribution in [3.8, 4) is 0 Å². The van der Waals surface area contributed by atoms with Crippen molar-refractivity contribution < 1.29 is 43.6 Å². The van der Waals surface area contributed by atoms with E-state index in [1.807, 2.05) is 226 Å². The molecule has 0 spiro atoms. The monoisotopic (exact) mass is 1430 g/mol. The van der Waals surface area contributed by atoms with E-state index in [0.29, 0.717) is 39.0 Å². The van der Waals surface area contributed by atoms with E-state index in [1.165, 1.54) is 34.3 Å². The first kappa shape index (κ1) is 77.5. The minimum atomic E-state index is -1.07. The first-order valence-electron chi connectivity index (χ1n) is 36.2.